The molecule has 2 aliphatic heterocycles. The molecule has 1 aromatic carbocycles. The second-order valence-electron chi connectivity index (χ2n) is 9.06. The van der Waals surface area contributed by atoms with Crippen molar-refractivity contribution < 1.29 is 26.4 Å². The van der Waals surface area contributed by atoms with E-state index in [4.69, 9.17) is 0 Å². The Morgan fingerprint density at radius 1 is 1.06 bits per heavy atom. The summed E-state index contributed by atoms with van der Waals surface area (Å²) in [6.07, 6.45) is -0.623. The van der Waals surface area contributed by atoms with Gasteiger partial charge in [0.1, 0.15) is 0 Å². The zero-order valence-corrected chi connectivity index (χ0v) is 18.8. The van der Waals surface area contributed by atoms with Crippen LogP contribution >= 0.6 is 0 Å². The highest BCUT2D eigenvalue weighted by atomic mass is 32.2. The number of nitrogens with zero attached hydrogens (tertiary/aromatic N) is 4. The lowest BCUT2D eigenvalue weighted by Gasteiger charge is -2.37. The molecular formula is C22H25F3N4O3S. The maximum atomic E-state index is 13.3. The van der Waals surface area contributed by atoms with Gasteiger partial charge in [-0.1, -0.05) is 6.07 Å². The highest BCUT2D eigenvalue weighted by Gasteiger charge is 2.38. The highest BCUT2D eigenvalue weighted by Crippen LogP contribution is 2.43. The fraction of sp³-hybridized carbons (Fsp3) is 0.545. The van der Waals surface area contributed by atoms with Crippen molar-refractivity contribution in [3.63, 3.8) is 0 Å². The van der Waals surface area contributed by atoms with Gasteiger partial charge in [0.05, 0.1) is 40.2 Å². The maximum absolute atomic E-state index is 13.3. The molecule has 3 aliphatic rings. The van der Waals surface area contributed by atoms with Gasteiger partial charge in [0.2, 0.25) is 0 Å². The minimum atomic E-state index is -4.46. The van der Waals surface area contributed by atoms with Crippen LogP contribution in [0.25, 0.3) is 5.69 Å². The minimum Gasteiger partial charge on any atom is -0.336 e. The van der Waals surface area contributed by atoms with Crippen LogP contribution in [0.4, 0.5) is 13.2 Å². The van der Waals surface area contributed by atoms with E-state index in [0.29, 0.717) is 43.9 Å². The van der Waals surface area contributed by atoms with Gasteiger partial charge in [-0.05, 0) is 37.5 Å². The Labute approximate surface area is 190 Å². The number of hydrogen-bond acceptors (Lipinski definition) is 5. The number of halogens is 3. The Balaban J connectivity index is 1.35. The first kappa shape index (κ1) is 22.4. The van der Waals surface area contributed by atoms with E-state index >= 15 is 0 Å². The Morgan fingerprint density at radius 2 is 1.79 bits per heavy atom. The third-order valence-corrected chi connectivity index (χ3v) is 8.50. The van der Waals surface area contributed by atoms with Gasteiger partial charge >= 0.3 is 6.18 Å². The smallest absolute Gasteiger partial charge is 0.336 e. The maximum Gasteiger partial charge on any atom is 0.416 e. The summed E-state index contributed by atoms with van der Waals surface area (Å²) >= 11 is 0. The van der Waals surface area contributed by atoms with E-state index in [0.717, 1.165) is 25.0 Å². The summed E-state index contributed by atoms with van der Waals surface area (Å²) in [5.74, 6) is 0.326. The van der Waals surface area contributed by atoms with Crippen molar-refractivity contribution >= 4 is 15.7 Å². The second-order valence-corrected chi connectivity index (χ2v) is 11.3. The molecular weight excluding hydrogens is 457 g/mol. The van der Waals surface area contributed by atoms with Gasteiger partial charge in [-0.25, -0.2) is 13.1 Å². The van der Waals surface area contributed by atoms with Crippen molar-refractivity contribution in [3.05, 3.63) is 47.3 Å². The molecule has 7 nitrogen and oxygen atoms in total. The van der Waals surface area contributed by atoms with E-state index in [-0.39, 0.29) is 35.1 Å². The van der Waals surface area contributed by atoms with E-state index in [2.05, 4.69) is 10.00 Å². The first-order valence-corrected chi connectivity index (χ1v) is 12.9. The first-order valence-electron chi connectivity index (χ1n) is 11.1. The molecule has 3 fully saturated rings. The summed E-state index contributed by atoms with van der Waals surface area (Å²) in [6, 6.07) is 5.00. The van der Waals surface area contributed by atoms with Crippen molar-refractivity contribution in [1.29, 1.82) is 0 Å². The van der Waals surface area contributed by atoms with E-state index in [1.807, 2.05) is 0 Å². The monoisotopic (exact) mass is 482 g/mol. The number of carbonyl (C=O) groups excluding carboxylic acids is 1. The summed E-state index contributed by atoms with van der Waals surface area (Å²) in [5, 5.41) is 4.31. The van der Waals surface area contributed by atoms with Crippen LogP contribution < -0.4 is 0 Å². The number of piperazine rings is 1. The van der Waals surface area contributed by atoms with Crippen LogP contribution in [-0.4, -0.2) is 77.6 Å². The van der Waals surface area contributed by atoms with E-state index in [9.17, 15) is 26.4 Å². The van der Waals surface area contributed by atoms with Gasteiger partial charge in [-0.15, -0.1) is 0 Å². The Bertz CT molecular complexity index is 1170. The molecule has 0 N–H and O–H groups in total. The fourth-order valence-corrected chi connectivity index (χ4v) is 6.58. The molecule has 2 aromatic rings. The third kappa shape index (κ3) is 4.52. The SMILES string of the molecule is O=C(c1cnn(-c2cccc(C(F)(F)F)c2)c1C1CC1)N1CCN(C2CCS(=O)(=O)C2)CC1. The van der Waals surface area contributed by atoms with Crippen molar-refractivity contribution in [2.24, 2.45) is 0 Å². The van der Waals surface area contributed by atoms with E-state index in [1.165, 1.54) is 16.9 Å². The summed E-state index contributed by atoms with van der Waals surface area (Å²) in [4.78, 5) is 17.2. The lowest BCUT2D eigenvalue weighted by Crippen LogP contribution is -2.52. The molecule has 1 amide bonds. The number of alkyl halides is 3. The summed E-state index contributed by atoms with van der Waals surface area (Å²) in [5.41, 5.74) is 0.642. The Morgan fingerprint density at radius 3 is 2.39 bits per heavy atom. The average Bonchev–Trinajstić information content (AvgIpc) is 3.42. The van der Waals surface area contributed by atoms with Crippen LogP contribution in [0.3, 0.4) is 0 Å². The number of carbonyl (C=O) groups is 1. The van der Waals surface area contributed by atoms with Crippen LogP contribution in [0.15, 0.2) is 30.5 Å². The minimum absolute atomic E-state index is 0.0120. The molecule has 1 aromatic heterocycles. The number of hydrogen-bond donors (Lipinski definition) is 0. The standard InChI is InChI=1S/C22H25F3N4O3S/c23-22(24,25)16-2-1-3-17(12-16)29-20(15-4-5-15)19(13-26-29)21(30)28-9-7-27(8-10-28)18-6-11-33(31,32)14-18/h1-3,12-13,15,18H,4-11,14H2. The van der Waals surface area contributed by atoms with E-state index in [1.54, 1.807) is 11.0 Å². The van der Waals surface area contributed by atoms with Crippen molar-refractivity contribution in [1.82, 2.24) is 19.6 Å². The normalized spacial score (nSPS) is 23.7. The van der Waals surface area contributed by atoms with Crippen LogP contribution in [0, 0.1) is 0 Å². The topological polar surface area (TPSA) is 75.5 Å². The summed E-state index contributed by atoms with van der Waals surface area (Å²) < 4.78 is 64.6. The zero-order valence-electron chi connectivity index (χ0n) is 18.0. The van der Waals surface area contributed by atoms with Crippen molar-refractivity contribution in [2.75, 3.05) is 37.7 Å². The highest BCUT2D eigenvalue weighted by molar-refractivity contribution is 7.91. The van der Waals surface area contributed by atoms with Crippen molar-refractivity contribution in [3.8, 4) is 5.69 Å². The third-order valence-electron chi connectivity index (χ3n) is 6.75. The molecule has 1 atom stereocenters. The molecule has 178 valence electrons. The molecule has 0 radical (unpaired) electrons. The zero-order chi connectivity index (χ0) is 23.4. The molecule has 0 spiro atoms. The predicted molar refractivity (Wildman–Crippen MR) is 115 cm³/mol. The number of aromatic nitrogens is 2. The number of rotatable bonds is 4. The van der Waals surface area contributed by atoms with Gasteiger partial charge < -0.3 is 4.90 Å². The van der Waals surface area contributed by atoms with Crippen LogP contribution in [0.5, 0.6) is 0 Å². The number of amides is 1. The van der Waals surface area contributed by atoms with Gasteiger partial charge in [0, 0.05) is 38.1 Å². The van der Waals surface area contributed by atoms with E-state index < -0.39 is 21.6 Å². The van der Waals surface area contributed by atoms with Gasteiger partial charge in [0.25, 0.3) is 5.91 Å². The van der Waals surface area contributed by atoms with Crippen LogP contribution in [0.1, 0.15) is 46.8 Å². The fourth-order valence-electron chi connectivity index (χ4n) is 4.82. The molecule has 1 saturated carbocycles. The second kappa shape index (κ2) is 8.12. The average molecular weight is 483 g/mol. The molecule has 5 rings (SSSR count). The molecule has 2 saturated heterocycles. The lowest BCUT2D eigenvalue weighted by molar-refractivity contribution is -0.137. The van der Waals surface area contributed by atoms with Gasteiger partial charge in [-0.2, -0.15) is 18.3 Å². The molecule has 1 unspecified atom stereocenters. The van der Waals surface area contributed by atoms with Gasteiger partial charge in [0.15, 0.2) is 9.84 Å². The summed E-state index contributed by atoms with van der Waals surface area (Å²) in [6.45, 7) is 2.17. The van der Waals surface area contributed by atoms with Gasteiger partial charge in [-0.3, -0.25) is 9.69 Å². The molecule has 3 heterocycles. The van der Waals surface area contributed by atoms with Crippen molar-refractivity contribution in [2.45, 2.75) is 37.4 Å². The number of sulfone groups is 1. The molecule has 1 aliphatic carbocycles. The van der Waals surface area contributed by atoms with Crippen LogP contribution in [-0.2, 0) is 16.0 Å². The lowest BCUT2D eigenvalue weighted by atomic mass is 10.1. The quantitative estimate of drug-likeness (QED) is 0.670. The predicted octanol–water partition coefficient (Wildman–Crippen LogP) is 2.71. The van der Waals surface area contributed by atoms with Crippen LogP contribution in [0.2, 0.25) is 0 Å². The largest absolute Gasteiger partial charge is 0.416 e. The summed E-state index contributed by atoms with van der Waals surface area (Å²) in [7, 11) is -2.97. The molecule has 33 heavy (non-hydrogen) atoms. The molecule has 11 heteroatoms. The Hall–Kier alpha value is -2.40. The Kier molecular flexibility index (Phi) is 5.51. The molecule has 0 bridgehead atoms. The first-order chi connectivity index (χ1) is 15.6. The number of benzene rings is 1.